The molecule has 236 valence electrons. The summed E-state index contributed by atoms with van der Waals surface area (Å²) < 4.78 is 14.4. The molecule has 2 aromatic rings. The van der Waals surface area contributed by atoms with Gasteiger partial charge in [-0.3, -0.25) is 4.79 Å². The first-order valence-electron chi connectivity index (χ1n) is 14.9. The highest BCUT2D eigenvalue weighted by Gasteiger charge is 2.37. The molecule has 0 aromatic heterocycles. The number of hydrogen-bond donors (Lipinski definition) is 2. The first-order chi connectivity index (χ1) is 19.2. The monoisotopic (exact) mass is 741 g/mol. The number of nitrogens with one attached hydrogen (secondary N) is 1. The average Bonchev–Trinajstić information content (AvgIpc) is 3.16. The van der Waals surface area contributed by atoms with Gasteiger partial charge in [0.15, 0.2) is 16.6 Å². The van der Waals surface area contributed by atoms with Crippen molar-refractivity contribution in [1.82, 2.24) is 0 Å². The Bertz CT molecular complexity index is 1190. The number of hydrogen-bond acceptors (Lipinski definition) is 5. The minimum absolute atomic E-state index is 0.195. The SMILES string of the molecule is CC(C)(C)[Si](C)(C)OCCCN1C(=O)Cc2ccc(Br)cc21.CC(C)(C)[Si](C)(C)OCCCNc1cc(Br)ccc1N. The molecule has 2 aromatic carbocycles. The number of carbonyl (C=O) groups excluding carboxylic acids is 1. The Labute approximate surface area is 274 Å². The maximum Gasteiger partial charge on any atom is 0.231 e. The van der Waals surface area contributed by atoms with Gasteiger partial charge in [-0.1, -0.05) is 79.5 Å². The number of fused-ring (bicyclic) bond motifs is 1. The fourth-order valence-corrected chi connectivity index (χ4v) is 6.75. The van der Waals surface area contributed by atoms with E-state index in [4.69, 9.17) is 14.6 Å². The van der Waals surface area contributed by atoms with Gasteiger partial charge in [-0.15, -0.1) is 0 Å². The lowest BCUT2D eigenvalue weighted by molar-refractivity contribution is -0.117. The van der Waals surface area contributed by atoms with Crippen molar-refractivity contribution in [1.29, 1.82) is 0 Å². The summed E-state index contributed by atoms with van der Waals surface area (Å²) in [6.45, 7) is 25.8. The molecule has 1 aliphatic heterocycles. The van der Waals surface area contributed by atoms with Crippen LogP contribution in [-0.2, 0) is 20.1 Å². The lowest BCUT2D eigenvalue weighted by Gasteiger charge is -2.36. The lowest BCUT2D eigenvalue weighted by Crippen LogP contribution is -2.41. The smallest absolute Gasteiger partial charge is 0.231 e. The summed E-state index contributed by atoms with van der Waals surface area (Å²) >= 11 is 6.94. The molecule has 0 atom stereocenters. The zero-order chi connectivity index (χ0) is 31.9. The molecule has 1 heterocycles. The van der Waals surface area contributed by atoms with Crippen LogP contribution in [0.15, 0.2) is 45.3 Å². The van der Waals surface area contributed by atoms with Crippen LogP contribution >= 0.6 is 31.9 Å². The van der Waals surface area contributed by atoms with E-state index in [1.165, 1.54) is 0 Å². The third kappa shape index (κ3) is 10.8. The van der Waals surface area contributed by atoms with Gasteiger partial charge in [0.25, 0.3) is 0 Å². The number of benzene rings is 2. The number of carbonyl (C=O) groups is 1. The molecule has 0 fully saturated rings. The van der Waals surface area contributed by atoms with E-state index in [0.717, 1.165) is 70.7 Å². The summed E-state index contributed by atoms with van der Waals surface area (Å²) in [6.07, 6.45) is 2.38. The van der Waals surface area contributed by atoms with E-state index in [9.17, 15) is 4.79 Å². The maximum atomic E-state index is 12.2. The Hall–Kier alpha value is -1.18. The third-order valence-corrected chi connectivity index (χ3v) is 18.8. The quantitative estimate of drug-likeness (QED) is 0.136. The van der Waals surface area contributed by atoms with E-state index >= 15 is 0 Å². The van der Waals surface area contributed by atoms with Crippen LogP contribution in [0.3, 0.4) is 0 Å². The number of nitrogen functional groups attached to an aromatic ring is 1. The molecule has 1 amide bonds. The van der Waals surface area contributed by atoms with Gasteiger partial charge in [-0.2, -0.15) is 0 Å². The van der Waals surface area contributed by atoms with E-state index in [1.807, 2.05) is 41.3 Å². The fourth-order valence-electron chi connectivity index (χ4n) is 3.86. The predicted molar refractivity (Wildman–Crippen MR) is 193 cm³/mol. The number of rotatable bonds is 11. The Morgan fingerprint density at radius 3 is 1.95 bits per heavy atom. The molecular weight excluding hydrogens is 690 g/mol. The molecule has 0 spiro atoms. The van der Waals surface area contributed by atoms with Gasteiger partial charge in [0.1, 0.15) is 0 Å². The molecule has 3 rings (SSSR count). The van der Waals surface area contributed by atoms with Crippen molar-refractivity contribution < 1.29 is 13.6 Å². The zero-order valence-corrected chi connectivity index (χ0v) is 32.6. The van der Waals surface area contributed by atoms with E-state index < -0.39 is 16.6 Å². The number of nitrogens with zero attached hydrogens (tertiary/aromatic N) is 1. The van der Waals surface area contributed by atoms with Crippen molar-refractivity contribution in [3.8, 4) is 0 Å². The van der Waals surface area contributed by atoms with E-state index in [2.05, 4.69) is 105 Å². The fraction of sp³-hybridized carbons (Fsp3) is 0.594. The number of nitrogens with two attached hydrogens (primary N) is 1. The zero-order valence-electron chi connectivity index (χ0n) is 27.4. The number of anilines is 3. The van der Waals surface area contributed by atoms with Crippen LogP contribution in [0.1, 0.15) is 59.9 Å². The largest absolute Gasteiger partial charge is 0.417 e. The Morgan fingerprint density at radius 1 is 0.857 bits per heavy atom. The molecular formula is C32H53Br2N3O3Si2. The molecule has 42 heavy (non-hydrogen) atoms. The normalized spacial score (nSPS) is 14.0. The van der Waals surface area contributed by atoms with Crippen LogP contribution in [0.25, 0.3) is 0 Å². The molecule has 6 nitrogen and oxygen atoms in total. The van der Waals surface area contributed by atoms with E-state index in [-0.39, 0.29) is 16.0 Å². The van der Waals surface area contributed by atoms with Gasteiger partial charge in [-0.05, 0) is 85.0 Å². The third-order valence-electron chi connectivity index (χ3n) is 8.70. The molecule has 0 radical (unpaired) electrons. The minimum atomic E-state index is -1.69. The van der Waals surface area contributed by atoms with Crippen LogP contribution in [0, 0.1) is 0 Å². The molecule has 0 aliphatic carbocycles. The molecule has 0 bridgehead atoms. The van der Waals surface area contributed by atoms with Crippen molar-refractivity contribution >= 4 is 71.5 Å². The summed E-state index contributed by atoms with van der Waals surface area (Å²) in [6, 6.07) is 11.9. The summed E-state index contributed by atoms with van der Waals surface area (Å²) in [5.74, 6) is 0.195. The first kappa shape index (κ1) is 37.0. The highest BCUT2D eigenvalue weighted by molar-refractivity contribution is 9.10. The lowest BCUT2D eigenvalue weighted by atomic mass is 10.2. The number of amides is 1. The van der Waals surface area contributed by atoms with Gasteiger partial charge < -0.3 is 24.8 Å². The highest BCUT2D eigenvalue weighted by Crippen LogP contribution is 2.38. The molecule has 0 saturated carbocycles. The second kappa shape index (κ2) is 15.2. The van der Waals surface area contributed by atoms with Crippen LogP contribution < -0.4 is 16.0 Å². The van der Waals surface area contributed by atoms with Crippen LogP contribution in [-0.4, -0.2) is 48.8 Å². The standard InChI is InChI=1S/C17H26BrNO2Si.C15H27BrN2OSi/c1-17(2,3)22(4,5)21-10-6-9-19-15-12-14(18)8-7-13(15)11-16(19)20;1-15(2,3)20(4,5)19-10-6-9-18-14-11-12(16)7-8-13(14)17/h7-8,12H,6,9-11H2,1-5H3;7-8,11,18H,6,9-10,17H2,1-5H3. The van der Waals surface area contributed by atoms with Gasteiger partial charge in [0.2, 0.25) is 5.91 Å². The van der Waals surface area contributed by atoms with Gasteiger partial charge in [0, 0.05) is 40.9 Å². The van der Waals surface area contributed by atoms with Gasteiger partial charge in [-0.25, -0.2) is 0 Å². The second-order valence-corrected chi connectivity index (χ2v) is 25.5. The van der Waals surface area contributed by atoms with E-state index in [1.54, 1.807) is 0 Å². The topological polar surface area (TPSA) is 76.8 Å². The van der Waals surface area contributed by atoms with Crippen LogP contribution in [0.4, 0.5) is 17.1 Å². The van der Waals surface area contributed by atoms with Crippen molar-refractivity contribution in [3.63, 3.8) is 0 Å². The maximum absolute atomic E-state index is 12.2. The molecule has 10 heteroatoms. The Kier molecular flexibility index (Phi) is 13.4. The molecule has 0 unspecified atom stereocenters. The highest BCUT2D eigenvalue weighted by atomic mass is 79.9. The summed E-state index contributed by atoms with van der Waals surface area (Å²) in [5.41, 5.74) is 9.85. The predicted octanol–water partition coefficient (Wildman–Crippen LogP) is 9.61. The summed E-state index contributed by atoms with van der Waals surface area (Å²) in [4.78, 5) is 14.1. The van der Waals surface area contributed by atoms with Crippen molar-refractivity contribution in [3.05, 3.63) is 50.9 Å². The van der Waals surface area contributed by atoms with Gasteiger partial charge >= 0.3 is 0 Å². The molecule has 0 saturated heterocycles. The van der Waals surface area contributed by atoms with Gasteiger partial charge in [0.05, 0.1) is 17.8 Å². The summed E-state index contributed by atoms with van der Waals surface area (Å²) in [5, 5.41) is 3.86. The van der Waals surface area contributed by atoms with Crippen molar-refractivity contribution in [2.75, 3.05) is 42.3 Å². The average molecular weight is 744 g/mol. The van der Waals surface area contributed by atoms with Crippen LogP contribution in [0.2, 0.25) is 36.3 Å². The molecule has 3 N–H and O–H groups in total. The minimum Gasteiger partial charge on any atom is -0.417 e. The van der Waals surface area contributed by atoms with Crippen LogP contribution in [0.5, 0.6) is 0 Å². The van der Waals surface area contributed by atoms with Crippen molar-refractivity contribution in [2.24, 2.45) is 0 Å². The number of halogens is 2. The molecule has 1 aliphatic rings. The van der Waals surface area contributed by atoms with Crippen molar-refractivity contribution in [2.45, 2.75) is 97.1 Å². The Morgan fingerprint density at radius 2 is 1.38 bits per heavy atom. The summed E-state index contributed by atoms with van der Waals surface area (Å²) in [7, 11) is -3.30. The first-order valence-corrected chi connectivity index (χ1v) is 22.3. The van der Waals surface area contributed by atoms with E-state index in [0.29, 0.717) is 6.42 Å². The second-order valence-electron chi connectivity index (χ2n) is 14.1. The Balaban J connectivity index is 0.000000295.